The minimum atomic E-state index is -0.513. The molecule has 1 aliphatic heterocycles. The molecule has 2 atom stereocenters. The van der Waals surface area contributed by atoms with E-state index in [1.165, 1.54) is 6.26 Å². The molecular weight excluding hydrogens is 208 g/mol. The van der Waals surface area contributed by atoms with Crippen LogP contribution in [0, 0.1) is 0 Å². The van der Waals surface area contributed by atoms with Gasteiger partial charge in [-0.3, -0.25) is 5.01 Å². The van der Waals surface area contributed by atoms with Crippen molar-refractivity contribution < 1.29 is 14.6 Å². The summed E-state index contributed by atoms with van der Waals surface area (Å²) in [4.78, 5) is 0. The fourth-order valence-electron chi connectivity index (χ4n) is 1.45. The Labute approximate surface area is 96.3 Å². The van der Waals surface area contributed by atoms with E-state index in [0.29, 0.717) is 32.4 Å². The lowest BCUT2D eigenvalue weighted by Gasteiger charge is -2.23. The molecule has 0 aliphatic carbocycles. The van der Waals surface area contributed by atoms with Crippen molar-refractivity contribution in [1.82, 2.24) is 5.01 Å². The standard InChI is InChI=1S/C11H20N2O3/c1-3-15-6-7-16-9-11(14)8-13-10(2)4-5-12-13/h3,5,10-11,14H,1,4,6-9H2,2H3. The van der Waals surface area contributed by atoms with Crippen molar-refractivity contribution >= 4 is 6.21 Å². The van der Waals surface area contributed by atoms with Crippen LogP contribution >= 0.6 is 0 Å². The van der Waals surface area contributed by atoms with Crippen LogP contribution in [0.3, 0.4) is 0 Å². The number of hydrogen-bond acceptors (Lipinski definition) is 5. The van der Waals surface area contributed by atoms with Crippen LogP contribution in [0.25, 0.3) is 0 Å². The zero-order valence-electron chi connectivity index (χ0n) is 9.71. The normalized spacial score (nSPS) is 21.1. The molecule has 0 fully saturated rings. The van der Waals surface area contributed by atoms with Crippen LogP contribution in [0.2, 0.25) is 0 Å². The van der Waals surface area contributed by atoms with Gasteiger partial charge in [0.15, 0.2) is 0 Å². The first kappa shape index (κ1) is 13.0. The molecule has 0 aromatic rings. The van der Waals surface area contributed by atoms with Crippen molar-refractivity contribution in [2.45, 2.75) is 25.5 Å². The molecule has 0 bridgehead atoms. The smallest absolute Gasteiger partial charge is 0.111 e. The van der Waals surface area contributed by atoms with E-state index in [1.807, 2.05) is 11.2 Å². The van der Waals surface area contributed by atoms with Crippen LogP contribution in [0.5, 0.6) is 0 Å². The Hall–Kier alpha value is -1.07. The van der Waals surface area contributed by atoms with Crippen LogP contribution in [-0.4, -0.2) is 54.8 Å². The Morgan fingerprint density at radius 1 is 1.69 bits per heavy atom. The molecule has 16 heavy (non-hydrogen) atoms. The molecule has 5 heteroatoms. The van der Waals surface area contributed by atoms with Gasteiger partial charge in [-0.15, -0.1) is 0 Å². The van der Waals surface area contributed by atoms with E-state index in [9.17, 15) is 5.11 Å². The van der Waals surface area contributed by atoms with Gasteiger partial charge in [-0.2, -0.15) is 5.10 Å². The van der Waals surface area contributed by atoms with Crippen molar-refractivity contribution in [3.63, 3.8) is 0 Å². The molecule has 0 spiro atoms. The maximum Gasteiger partial charge on any atom is 0.111 e. The van der Waals surface area contributed by atoms with Gasteiger partial charge in [-0.1, -0.05) is 6.58 Å². The van der Waals surface area contributed by atoms with Crippen LogP contribution in [0.1, 0.15) is 13.3 Å². The maximum absolute atomic E-state index is 9.68. The third kappa shape index (κ3) is 4.63. The van der Waals surface area contributed by atoms with Gasteiger partial charge in [0.2, 0.25) is 0 Å². The summed E-state index contributed by atoms with van der Waals surface area (Å²) in [5.74, 6) is 0. The van der Waals surface area contributed by atoms with Crippen LogP contribution in [0.15, 0.2) is 17.9 Å². The molecule has 0 amide bonds. The van der Waals surface area contributed by atoms with Crippen molar-refractivity contribution in [2.24, 2.45) is 5.10 Å². The van der Waals surface area contributed by atoms with E-state index in [0.717, 1.165) is 6.42 Å². The SMILES string of the molecule is C=COCCOCC(O)CN1N=CCC1C. The topological polar surface area (TPSA) is 54.3 Å². The number of rotatable bonds is 8. The van der Waals surface area contributed by atoms with E-state index in [2.05, 4.69) is 18.6 Å². The Balaban J connectivity index is 2.04. The Morgan fingerprint density at radius 3 is 3.12 bits per heavy atom. The van der Waals surface area contributed by atoms with E-state index < -0.39 is 6.10 Å². The lowest BCUT2D eigenvalue weighted by atomic mass is 10.2. The number of nitrogens with zero attached hydrogens (tertiary/aromatic N) is 2. The average molecular weight is 228 g/mol. The van der Waals surface area contributed by atoms with Gasteiger partial charge in [-0.05, 0) is 6.92 Å². The molecule has 5 nitrogen and oxygen atoms in total. The third-order valence-corrected chi connectivity index (χ3v) is 2.36. The lowest BCUT2D eigenvalue weighted by Crippen LogP contribution is -2.34. The first-order valence-electron chi connectivity index (χ1n) is 5.51. The molecular formula is C11H20N2O3. The third-order valence-electron chi connectivity index (χ3n) is 2.36. The summed E-state index contributed by atoms with van der Waals surface area (Å²) >= 11 is 0. The zero-order chi connectivity index (χ0) is 11.8. The Bertz CT molecular complexity index is 233. The first-order chi connectivity index (χ1) is 7.74. The van der Waals surface area contributed by atoms with Crippen molar-refractivity contribution in [1.29, 1.82) is 0 Å². The van der Waals surface area contributed by atoms with Gasteiger partial charge in [0.1, 0.15) is 6.61 Å². The van der Waals surface area contributed by atoms with Gasteiger partial charge in [0.25, 0.3) is 0 Å². The molecule has 1 rings (SSSR count). The van der Waals surface area contributed by atoms with Gasteiger partial charge in [0, 0.05) is 18.7 Å². The molecule has 0 aromatic heterocycles. The summed E-state index contributed by atoms with van der Waals surface area (Å²) in [5.41, 5.74) is 0. The number of aliphatic hydroxyl groups excluding tert-OH is 1. The van der Waals surface area contributed by atoms with E-state index in [4.69, 9.17) is 9.47 Å². The summed E-state index contributed by atoms with van der Waals surface area (Å²) in [6.07, 6.45) is 3.68. The zero-order valence-corrected chi connectivity index (χ0v) is 9.71. The van der Waals surface area contributed by atoms with Gasteiger partial charge < -0.3 is 14.6 Å². The summed E-state index contributed by atoms with van der Waals surface area (Å²) in [7, 11) is 0. The van der Waals surface area contributed by atoms with E-state index in [1.54, 1.807) is 0 Å². The second kappa shape index (κ2) is 7.24. The molecule has 2 unspecified atom stereocenters. The van der Waals surface area contributed by atoms with Crippen molar-refractivity contribution in [3.8, 4) is 0 Å². The predicted molar refractivity (Wildman–Crippen MR) is 62.3 cm³/mol. The number of hydrazone groups is 1. The van der Waals surface area contributed by atoms with Crippen molar-refractivity contribution in [3.05, 3.63) is 12.8 Å². The quantitative estimate of drug-likeness (QED) is 0.488. The second-order valence-electron chi connectivity index (χ2n) is 3.77. The molecule has 1 N–H and O–H groups in total. The second-order valence-corrected chi connectivity index (χ2v) is 3.77. The summed E-state index contributed by atoms with van der Waals surface area (Å²) in [6.45, 7) is 7.25. The average Bonchev–Trinajstić information content (AvgIpc) is 2.64. The predicted octanol–water partition coefficient (Wildman–Crippen LogP) is 0.604. The highest BCUT2D eigenvalue weighted by molar-refractivity contribution is 5.59. The molecule has 1 aliphatic rings. The lowest BCUT2D eigenvalue weighted by molar-refractivity contribution is 0.000880. The van der Waals surface area contributed by atoms with Gasteiger partial charge in [0.05, 0.1) is 32.1 Å². The molecule has 92 valence electrons. The molecule has 0 saturated carbocycles. The fraction of sp³-hybridized carbons (Fsp3) is 0.727. The van der Waals surface area contributed by atoms with E-state index >= 15 is 0 Å². The minimum Gasteiger partial charge on any atom is -0.499 e. The van der Waals surface area contributed by atoms with Crippen LogP contribution < -0.4 is 0 Å². The molecule has 0 radical (unpaired) electrons. The van der Waals surface area contributed by atoms with Crippen molar-refractivity contribution in [2.75, 3.05) is 26.4 Å². The minimum absolute atomic E-state index is 0.305. The van der Waals surface area contributed by atoms with Crippen LogP contribution in [-0.2, 0) is 9.47 Å². The summed E-state index contributed by atoms with van der Waals surface area (Å²) in [6, 6.07) is 0.374. The molecule has 0 aromatic carbocycles. The number of ether oxygens (including phenoxy) is 2. The van der Waals surface area contributed by atoms with Crippen LogP contribution in [0.4, 0.5) is 0 Å². The molecule has 0 saturated heterocycles. The highest BCUT2D eigenvalue weighted by atomic mass is 16.5. The highest BCUT2D eigenvalue weighted by Crippen LogP contribution is 2.10. The van der Waals surface area contributed by atoms with Gasteiger partial charge >= 0.3 is 0 Å². The Morgan fingerprint density at radius 2 is 2.50 bits per heavy atom. The Kier molecular flexibility index (Phi) is 5.88. The summed E-state index contributed by atoms with van der Waals surface area (Å²) in [5, 5.41) is 15.7. The monoisotopic (exact) mass is 228 g/mol. The highest BCUT2D eigenvalue weighted by Gasteiger charge is 2.18. The summed E-state index contributed by atoms with van der Waals surface area (Å²) < 4.78 is 10.1. The number of hydrogen-bond donors (Lipinski definition) is 1. The van der Waals surface area contributed by atoms with E-state index in [-0.39, 0.29) is 0 Å². The number of aliphatic hydroxyl groups is 1. The number of β-amino-alcohol motifs (C(OH)–C–C–N with tert-alkyl or cyclic N) is 1. The first-order valence-corrected chi connectivity index (χ1v) is 5.51. The van der Waals surface area contributed by atoms with Gasteiger partial charge in [-0.25, -0.2) is 0 Å². The maximum atomic E-state index is 9.68. The fourth-order valence-corrected chi connectivity index (χ4v) is 1.45. The molecule has 1 heterocycles. The largest absolute Gasteiger partial charge is 0.499 e.